The van der Waals surface area contributed by atoms with Crippen LogP contribution in [-0.2, 0) is 14.8 Å². The van der Waals surface area contributed by atoms with Crippen LogP contribution < -0.4 is 5.73 Å². The SMILES string of the molecule is COC(=O)c1ncsc1S(=O)(=O)N1CCCC(CCN)C1. The van der Waals surface area contributed by atoms with Crippen molar-refractivity contribution in [2.24, 2.45) is 11.7 Å². The quantitative estimate of drug-likeness (QED) is 0.795. The van der Waals surface area contributed by atoms with Crippen LogP contribution >= 0.6 is 11.3 Å². The van der Waals surface area contributed by atoms with E-state index < -0.39 is 16.0 Å². The minimum atomic E-state index is -3.71. The molecule has 1 fully saturated rings. The van der Waals surface area contributed by atoms with Crippen LogP contribution in [0.25, 0.3) is 0 Å². The number of aromatic nitrogens is 1. The minimum absolute atomic E-state index is 0.0391. The zero-order valence-electron chi connectivity index (χ0n) is 11.8. The third-order valence-corrected chi connectivity index (χ3v) is 6.76. The Bertz CT molecular complexity index is 597. The minimum Gasteiger partial charge on any atom is -0.464 e. The number of hydrogen-bond acceptors (Lipinski definition) is 7. The summed E-state index contributed by atoms with van der Waals surface area (Å²) in [7, 11) is -2.50. The van der Waals surface area contributed by atoms with E-state index in [9.17, 15) is 13.2 Å². The van der Waals surface area contributed by atoms with Gasteiger partial charge in [-0.05, 0) is 31.7 Å². The number of ether oxygens (including phenoxy) is 1. The van der Waals surface area contributed by atoms with E-state index in [4.69, 9.17) is 5.73 Å². The molecule has 9 heteroatoms. The molecule has 0 aliphatic carbocycles. The predicted octanol–water partition coefficient (Wildman–Crippen LogP) is 0.679. The summed E-state index contributed by atoms with van der Waals surface area (Å²) in [5.74, 6) is -0.460. The zero-order valence-corrected chi connectivity index (χ0v) is 13.5. The molecule has 21 heavy (non-hydrogen) atoms. The highest BCUT2D eigenvalue weighted by Crippen LogP contribution is 2.29. The van der Waals surface area contributed by atoms with E-state index in [-0.39, 0.29) is 15.8 Å². The van der Waals surface area contributed by atoms with Crippen molar-refractivity contribution in [2.75, 3.05) is 26.7 Å². The molecule has 1 aliphatic rings. The maximum absolute atomic E-state index is 12.7. The fourth-order valence-electron chi connectivity index (χ4n) is 2.48. The average Bonchev–Trinajstić information content (AvgIpc) is 2.97. The van der Waals surface area contributed by atoms with E-state index >= 15 is 0 Å². The van der Waals surface area contributed by atoms with Crippen molar-refractivity contribution < 1.29 is 17.9 Å². The summed E-state index contributed by atoms with van der Waals surface area (Å²) in [6, 6.07) is 0. The van der Waals surface area contributed by atoms with Gasteiger partial charge >= 0.3 is 5.97 Å². The van der Waals surface area contributed by atoms with E-state index in [1.54, 1.807) is 0 Å². The number of nitrogens with zero attached hydrogens (tertiary/aromatic N) is 2. The Morgan fingerprint density at radius 3 is 3.05 bits per heavy atom. The van der Waals surface area contributed by atoms with Crippen LogP contribution in [0.1, 0.15) is 29.8 Å². The number of carbonyl (C=O) groups excluding carboxylic acids is 1. The molecule has 0 bridgehead atoms. The molecule has 1 aliphatic heterocycles. The van der Waals surface area contributed by atoms with Gasteiger partial charge in [0.25, 0.3) is 10.0 Å². The molecule has 0 saturated carbocycles. The number of carbonyl (C=O) groups is 1. The van der Waals surface area contributed by atoms with Crippen molar-refractivity contribution in [3.63, 3.8) is 0 Å². The van der Waals surface area contributed by atoms with E-state index in [0.717, 1.165) is 30.6 Å². The highest BCUT2D eigenvalue weighted by molar-refractivity contribution is 7.91. The Labute approximate surface area is 128 Å². The van der Waals surface area contributed by atoms with Crippen LogP contribution in [0.15, 0.2) is 9.72 Å². The van der Waals surface area contributed by atoms with Crippen LogP contribution in [0.4, 0.5) is 0 Å². The fourth-order valence-corrected chi connectivity index (χ4v) is 5.31. The molecule has 2 heterocycles. The summed E-state index contributed by atoms with van der Waals surface area (Å²) in [6.07, 6.45) is 2.59. The van der Waals surface area contributed by atoms with Crippen molar-refractivity contribution in [3.8, 4) is 0 Å². The van der Waals surface area contributed by atoms with Crippen molar-refractivity contribution in [1.29, 1.82) is 0 Å². The Hall–Kier alpha value is -1.03. The van der Waals surface area contributed by atoms with Crippen LogP contribution in [-0.4, -0.2) is 50.4 Å². The third-order valence-electron chi connectivity index (χ3n) is 3.54. The number of methoxy groups -OCH3 is 1. The summed E-state index contributed by atoms with van der Waals surface area (Å²) in [5, 5.41) is 0. The second kappa shape index (κ2) is 6.82. The highest BCUT2D eigenvalue weighted by atomic mass is 32.2. The molecule has 0 aromatic carbocycles. The van der Waals surface area contributed by atoms with Crippen molar-refractivity contribution in [1.82, 2.24) is 9.29 Å². The van der Waals surface area contributed by atoms with Gasteiger partial charge in [0.2, 0.25) is 0 Å². The van der Waals surface area contributed by atoms with E-state index in [2.05, 4.69) is 9.72 Å². The molecule has 2 rings (SSSR count). The number of hydrogen-bond donors (Lipinski definition) is 1. The van der Waals surface area contributed by atoms with Gasteiger partial charge in [0.05, 0.1) is 12.6 Å². The van der Waals surface area contributed by atoms with E-state index in [1.165, 1.54) is 16.9 Å². The summed E-state index contributed by atoms with van der Waals surface area (Å²) < 4.78 is 31.4. The fraction of sp³-hybridized carbons (Fsp3) is 0.667. The number of sulfonamides is 1. The summed E-state index contributed by atoms with van der Waals surface area (Å²) in [5.41, 5.74) is 6.77. The van der Waals surface area contributed by atoms with Crippen LogP contribution in [0.3, 0.4) is 0 Å². The molecule has 1 saturated heterocycles. The Balaban J connectivity index is 2.26. The number of nitrogens with two attached hydrogens (primary N) is 1. The van der Waals surface area contributed by atoms with Gasteiger partial charge in [0.15, 0.2) is 9.90 Å². The molecule has 1 aromatic heterocycles. The molecule has 0 amide bonds. The van der Waals surface area contributed by atoms with Gasteiger partial charge in [-0.25, -0.2) is 18.2 Å². The smallest absolute Gasteiger partial charge is 0.358 e. The topological polar surface area (TPSA) is 103 Å². The molecule has 2 N–H and O–H groups in total. The van der Waals surface area contributed by atoms with Crippen molar-refractivity contribution in [2.45, 2.75) is 23.5 Å². The number of piperidine rings is 1. The lowest BCUT2D eigenvalue weighted by Crippen LogP contribution is -2.40. The van der Waals surface area contributed by atoms with Crippen LogP contribution in [0.2, 0.25) is 0 Å². The highest BCUT2D eigenvalue weighted by Gasteiger charge is 2.34. The summed E-state index contributed by atoms with van der Waals surface area (Å²) in [4.78, 5) is 15.4. The maximum atomic E-state index is 12.7. The molecule has 1 aromatic rings. The molecule has 0 radical (unpaired) electrons. The first-order chi connectivity index (χ1) is 10.0. The first-order valence-corrected chi connectivity index (χ1v) is 9.04. The standard InChI is InChI=1S/C12H19N3O4S2/c1-19-11(16)10-12(20-8-14-10)21(17,18)15-6-2-3-9(7-15)4-5-13/h8-9H,2-7,13H2,1H3. The summed E-state index contributed by atoms with van der Waals surface area (Å²) >= 11 is 0.942. The normalized spacial score (nSPS) is 20.4. The van der Waals surface area contributed by atoms with Gasteiger partial charge in [-0.1, -0.05) is 0 Å². The summed E-state index contributed by atoms with van der Waals surface area (Å²) in [6.45, 7) is 1.45. The monoisotopic (exact) mass is 333 g/mol. The third kappa shape index (κ3) is 3.42. The van der Waals surface area contributed by atoms with Crippen molar-refractivity contribution in [3.05, 3.63) is 11.2 Å². The Kier molecular flexibility index (Phi) is 5.31. The lowest BCUT2D eigenvalue weighted by atomic mass is 9.96. The lowest BCUT2D eigenvalue weighted by molar-refractivity contribution is 0.0590. The van der Waals surface area contributed by atoms with Crippen LogP contribution in [0, 0.1) is 5.92 Å². The van der Waals surface area contributed by atoms with Crippen molar-refractivity contribution >= 4 is 27.3 Å². The molecule has 0 spiro atoms. The lowest BCUT2D eigenvalue weighted by Gasteiger charge is -2.31. The number of rotatable bonds is 5. The van der Waals surface area contributed by atoms with Gasteiger partial charge in [0.1, 0.15) is 0 Å². The molecule has 1 unspecified atom stereocenters. The molecule has 1 atom stereocenters. The van der Waals surface area contributed by atoms with Gasteiger partial charge in [-0.3, -0.25) is 0 Å². The molecule has 7 nitrogen and oxygen atoms in total. The largest absolute Gasteiger partial charge is 0.464 e. The number of thiazole rings is 1. The van der Waals surface area contributed by atoms with E-state index in [0.29, 0.717) is 19.6 Å². The zero-order chi connectivity index (χ0) is 15.5. The Morgan fingerprint density at radius 2 is 2.38 bits per heavy atom. The van der Waals surface area contributed by atoms with Gasteiger partial charge in [-0.15, -0.1) is 11.3 Å². The Morgan fingerprint density at radius 1 is 1.62 bits per heavy atom. The second-order valence-electron chi connectivity index (χ2n) is 4.93. The van der Waals surface area contributed by atoms with Crippen LogP contribution in [0.5, 0.6) is 0 Å². The molecular weight excluding hydrogens is 314 g/mol. The molecular formula is C12H19N3O4S2. The van der Waals surface area contributed by atoms with Gasteiger partial charge in [0, 0.05) is 13.1 Å². The van der Waals surface area contributed by atoms with E-state index in [1.807, 2.05) is 0 Å². The second-order valence-corrected chi connectivity index (χ2v) is 7.92. The predicted molar refractivity (Wildman–Crippen MR) is 78.6 cm³/mol. The maximum Gasteiger partial charge on any atom is 0.358 e. The molecule has 118 valence electrons. The van der Waals surface area contributed by atoms with Gasteiger partial charge in [-0.2, -0.15) is 4.31 Å². The average molecular weight is 333 g/mol. The first kappa shape index (κ1) is 16.3. The first-order valence-electron chi connectivity index (χ1n) is 6.72. The number of esters is 1. The van der Waals surface area contributed by atoms with Gasteiger partial charge < -0.3 is 10.5 Å².